The van der Waals surface area contributed by atoms with Gasteiger partial charge in [-0.1, -0.05) is 8.93 Å². The van der Waals surface area contributed by atoms with Gasteiger partial charge in [-0.2, -0.15) is 0 Å². The zero-order valence-corrected chi connectivity index (χ0v) is 70.2. The molecule has 0 aliphatic heterocycles. The SMILES string of the molecule is COP(#P)P=PP=PP=PP=PP=PP=PP=PP=PP=PP=PP=PP=PP=PP=PP=PP=PP=PP=PP=PP=PP=PP=PP=PP=PP. The quantitative estimate of drug-likeness (QED) is 0.0927. The maximum absolute atomic E-state index is 5.22. The second-order valence-electron chi connectivity index (χ2n) is 4.75. The van der Waals surface area contributed by atoms with E-state index in [0.29, 0.717) is 0 Å². The van der Waals surface area contributed by atoms with Gasteiger partial charge in [0, 0.05) is 212 Å². The molecular weight excluding hydrogens is 1610 g/mol. The second kappa shape index (κ2) is 65.5. The fourth-order valence-corrected chi connectivity index (χ4v) is 208. The van der Waals surface area contributed by atoms with E-state index in [9.17, 15) is 0 Å². The zero-order valence-electron chi connectivity index (χ0n) is 24.3. The van der Waals surface area contributed by atoms with Gasteiger partial charge in [0.1, 0.15) is 0 Å². The molecule has 0 aliphatic carbocycles. The van der Waals surface area contributed by atoms with Crippen LogP contribution >= 0.6 is 387 Å². The molecule has 0 saturated carbocycles. The van der Waals surface area contributed by atoms with Gasteiger partial charge in [0.05, 0.1) is 0 Å². The third-order valence-corrected chi connectivity index (χ3v) is 159. The third kappa shape index (κ3) is 65.5. The molecule has 53 heavy (non-hydrogen) atoms. The molecule has 2 atom stereocenters. The molecule has 0 aromatic heterocycles. The van der Waals surface area contributed by atoms with Gasteiger partial charge in [0.25, 0.3) is 0 Å². The topological polar surface area (TPSA) is 9.23 Å². The standard InChI is InChI=1S/CH5OP51/c1-2-53(4)52-51-50-49-48-47-46-45-44-43-42-41-40-39-38-37-36-35-34-33-32-31-30-29-28-27-26-25-24-23-22-21-20-19-18-17-16-15-14-13-12-11-10-9-8-7-6-5-3/h3H2,1H3. The molecular formula is CH5OP51. The van der Waals surface area contributed by atoms with Gasteiger partial charge in [0.2, 0.25) is 0 Å². The van der Waals surface area contributed by atoms with Crippen LogP contribution in [-0.4, -0.2) is 7.11 Å². The molecule has 0 amide bonds. The van der Waals surface area contributed by atoms with Crippen LogP contribution < -0.4 is 0 Å². The van der Waals surface area contributed by atoms with E-state index in [-0.39, 0.29) is 0 Å². The van der Waals surface area contributed by atoms with Crippen LogP contribution in [0, 0.1) is 0 Å². The molecule has 0 rings (SSSR count). The predicted molar refractivity (Wildman–Crippen MR) is 363 cm³/mol. The van der Waals surface area contributed by atoms with E-state index in [1.807, 2.05) is 0 Å². The molecule has 0 heterocycles. The Labute approximate surface area is 392 Å². The van der Waals surface area contributed by atoms with Crippen LogP contribution in [0.4, 0.5) is 0 Å². The van der Waals surface area contributed by atoms with Crippen molar-refractivity contribution >= 4 is 387 Å². The van der Waals surface area contributed by atoms with Crippen LogP contribution in [0.5, 0.6) is 0 Å². The molecule has 2 unspecified atom stereocenters. The van der Waals surface area contributed by atoms with Crippen molar-refractivity contribution in [3.63, 3.8) is 0 Å². The van der Waals surface area contributed by atoms with Crippen LogP contribution in [-0.2, 0) is 4.52 Å². The van der Waals surface area contributed by atoms with Gasteiger partial charge in [-0.3, -0.25) is 0 Å². The van der Waals surface area contributed by atoms with Gasteiger partial charge >= 0.3 is 110 Å². The Hall–Kier alpha value is 15.5. The van der Waals surface area contributed by atoms with E-state index in [1.54, 1.807) is 324 Å². The van der Waals surface area contributed by atoms with Gasteiger partial charge in [0.15, 0.2) is 0 Å². The Kier molecular flexibility index (Phi) is 84.7. The van der Waals surface area contributed by atoms with Crippen molar-refractivity contribution in [1.82, 2.24) is 0 Å². The summed E-state index contributed by atoms with van der Waals surface area (Å²) < 4.78 is 5.22. The van der Waals surface area contributed by atoms with E-state index in [2.05, 4.69) is 17.3 Å². The Bertz CT molecular complexity index is 1750. The van der Waals surface area contributed by atoms with Crippen LogP contribution in [0.1, 0.15) is 0 Å². The van der Waals surface area contributed by atoms with Gasteiger partial charge in [-0.25, -0.2) is 0 Å². The van der Waals surface area contributed by atoms with Crippen molar-refractivity contribution in [2.45, 2.75) is 0 Å². The van der Waals surface area contributed by atoms with Crippen molar-refractivity contribution in [3.05, 3.63) is 0 Å². The molecule has 0 fully saturated rings. The molecule has 0 aliphatic rings. The minimum atomic E-state index is -0.508. The summed E-state index contributed by atoms with van der Waals surface area (Å²) in [5.74, 6) is 0. The third-order valence-electron chi connectivity index (χ3n) is 2.13. The number of hydrogen-bond donors (Lipinski definition) is 0. The first-order valence-electron chi connectivity index (χ1n) is 10.6. The number of rotatable bonds is 23. The van der Waals surface area contributed by atoms with Crippen LogP contribution in [0.25, 0.3) is 0 Å². The van der Waals surface area contributed by atoms with E-state index in [0.717, 1.165) is 0 Å². The normalized spacial score (nSPS) is 15.5. The van der Waals surface area contributed by atoms with Crippen molar-refractivity contribution in [2.24, 2.45) is 0 Å². The molecule has 0 radical (unpaired) electrons. The molecule has 52 heteroatoms. The smallest absolute Gasteiger partial charge is 0.0774 e. The molecule has 0 aromatic carbocycles. The second-order valence-corrected chi connectivity index (χ2v) is 121. The summed E-state index contributed by atoms with van der Waals surface area (Å²) in [6.45, 7) is -0.508. The fourth-order valence-electron chi connectivity index (χ4n) is 0.899. The Balaban J connectivity index is 4.07. The minimum Gasteiger partial charge on any atom is -0.0774 e. The molecule has 0 N–H and O–H groups in total. The molecule has 270 valence electrons. The van der Waals surface area contributed by atoms with E-state index in [1.165, 1.54) is 45.3 Å². The summed E-state index contributed by atoms with van der Waals surface area (Å²) in [5, 5.41) is 0. The van der Waals surface area contributed by atoms with Crippen molar-refractivity contribution in [1.29, 1.82) is 0 Å². The first-order chi connectivity index (χ1) is 26.3. The predicted octanol–water partition coefficient (Wildman–Crippen LogP) is 43.5. The minimum absolute atomic E-state index is 0.508. The van der Waals surface area contributed by atoms with Crippen molar-refractivity contribution in [2.75, 3.05) is 7.11 Å². The summed E-state index contributed by atoms with van der Waals surface area (Å²) in [6, 6.07) is 0. The summed E-state index contributed by atoms with van der Waals surface area (Å²) in [4.78, 5) is 0. The first-order valence-corrected chi connectivity index (χ1v) is 91.5. The summed E-state index contributed by atoms with van der Waals surface area (Å²) in [7, 11) is 84.7. The van der Waals surface area contributed by atoms with Crippen LogP contribution in [0.2, 0.25) is 0 Å². The Morgan fingerprint density at radius 2 is 0.396 bits per heavy atom. The average Bonchev–Trinajstić information content (AvgIpc) is 3.17. The van der Waals surface area contributed by atoms with E-state index < -0.39 is 6.94 Å². The molecule has 0 aromatic rings. The Morgan fingerprint density at radius 1 is 0.264 bits per heavy atom. The first kappa shape index (κ1) is 68.5. The molecule has 0 spiro atoms. The Morgan fingerprint density at radius 3 is 0.528 bits per heavy atom. The van der Waals surface area contributed by atoms with E-state index >= 15 is 0 Å². The summed E-state index contributed by atoms with van der Waals surface area (Å²) >= 11 is 0. The monoisotopic (exact) mass is 1610 g/mol. The van der Waals surface area contributed by atoms with Crippen molar-refractivity contribution in [3.8, 4) is 0 Å². The maximum atomic E-state index is 5.22. The zero-order chi connectivity index (χ0) is 38.2. The van der Waals surface area contributed by atoms with Gasteiger partial charge in [-0.15, -0.1) is 0 Å². The van der Waals surface area contributed by atoms with E-state index in [4.69, 9.17) is 4.52 Å². The summed E-state index contributed by atoms with van der Waals surface area (Å²) in [6.07, 6.45) is 0. The number of hydrogen-bond acceptors (Lipinski definition) is 1. The van der Waals surface area contributed by atoms with Gasteiger partial charge < -0.3 is 0 Å². The van der Waals surface area contributed by atoms with Crippen LogP contribution in [0.15, 0.2) is 0 Å². The van der Waals surface area contributed by atoms with Crippen LogP contribution in [0.3, 0.4) is 0 Å². The molecule has 0 saturated heterocycles. The molecule has 0 bridgehead atoms. The van der Waals surface area contributed by atoms with Gasteiger partial charge in [-0.05, 0) is 68.0 Å². The van der Waals surface area contributed by atoms with Crippen molar-refractivity contribution < 1.29 is 4.52 Å². The average molecular weight is 1610 g/mol. The summed E-state index contributed by atoms with van der Waals surface area (Å²) in [5.41, 5.74) is 0. The molecule has 1 nitrogen and oxygen atoms in total. The fraction of sp³-hybridized carbons (Fsp3) is 1.00.